The Labute approximate surface area is 148 Å². The average Bonchev–Trinajstić information content (AvgIpc) is 3.01. The van der Waals surface area contributed by atoms with Gasteiger partial charge in [-0.05, 0) is 28.8 Å². The Hall–Kier alpha value is -2.08. The smallest absolute Gasteiger partial charge is 0.167 e. The first-order valence-corrected chi connectivity index (χ1v) is 8.80. The number of thiophene rings is 1. The van der Waals surface area contributed by atoms with Gasteiger partial charge in [-0.15, -0.1) is 11.3 Å². The maximum absolute atomic E-state index is 14.7. The SMILES string of the molecule is COCCc1cc2c(s1)-c1ccccc1C(O)c1ccc(F)c(F)c1-2. The van der Waals surface area contributed by atoms with E-state index in [-0.39, 0.29) is 5.56 Å². The van der Waals surface area contributed by atoms with E-state index in [1.165, 1.54) is 17.4 Å². The largest absolute Gasteiger partial charge is 0.384 e. The summed E-state index contributed by atoms with van der Waals surface area (Å²) in [6.45, 7) is 0.558. The summed E-state index contributed by atoms with van der Waals surface area (Å²) in [6, 6.07) is 11.9. The van der Waals surface area contributed by atoms with Crippen LogP contribution in [0.2, 0.25) is 0 Å². The molecule has 0 saturated heterocycles. The van der Waals surface area contributed by atoms with Crippen molar-refractivity contribution >= 4 is 11.3 Å². The lowest BCUT2D eigenvalue weighted by Crippen LogP contribution is -2.03. The van der Waals surface area contributed by atoms with Crippen LogP contribution in [0.3, 0.4) is 0 Å². The number of halogens is 2. The highest BCUT2D eigenvalue weighted by Gasteiger charge is 2.30. The zero-order valence-electron chi connectivity index (χ0n) is 13.6. The number of methoxy groups -OCH3 is 1. The topological polar surface area (TPSA) is 29.5 Å². The van der Waals surface area contributed by atoms with Crippen LogP contribution >= 0.6 is 11.3 Å². The van der Waals surface area contributed by atoms with Crippen molar-refractivity contribution in [2.75, 3.05) is 13.7 Å². The number of aliphatic hydroxyl groups is 1. The summed E-state index contributed by atoms with van der Waals surface area (Å²) in [5.74, 6) is -1.82. The lowest BCUT2D eigenvalue weighted by Gasteiger charge is -2.15. The third-order valence-electron chi connectivity index (χ3n) is 4.53. The van der Waals surface area contributed by atoms with E-state index in [2.05, 4.69) is 0 Å². The molecular weight excluding hydrogens is 342 g/mol. The number of fused-ring (bicyclic) bond motifs is 5. The molecule has 0 fully saturated rings. The standard InChI is InChI=1S/C20H16F2O2S/c1-24-9-8-11-10-15-17-14(6-7-16(21)18(17)22)19(23)12-4-2-3-5-13(12)20(15)25-11/h2-7,10,19,23H,8-9H2,1H3. The average molecular weight is 358 g/mol. The second-order valence-electron chi connectivity index (χ2n) is 6.01. The van der Waals surface area contributed by atoms with Crippen molar-refractivity contribution in [1.82, 2.24) is 0 Å². The highest BCUT2D eigenvalue weighted by atomic mass is 32.1. The Balaban J connectivity index is 2.04. The van der Waals surface area contributed by atoms with Gasteiger partial charge in [0.15, 0.2) is 11.6 Å². The van der Waals surface area contributed by atoms with Crippen LogP contribution in [0.15, 0.2) is 42.5 Å². The number of hydrogen-bond donors (Lipinski definition) is 1. The van der Waals surface area contributed by atoms with Gasteiger partial charge in [-0.1, -0.05) is 30.3 Å². The molecule has 4 rings (SSSR count). The first-order chi connectivity index (χ1) is 12.1. The van der Waals surface area contributed by atoms with Gasteiger partial charge in [-0.2, -0.15) is 0 Å². The van der Waals surface area contributed by atoms with Gasteiger partial charge < -0.3 is 9.84 Å². The van der Waals surface area contributed by atoms with Gasteiger partial charge in [-0.25, -0.2) is 8.78 Å². The molecule has 1 N–H and O–H groups in total. The lowest BCUT2D eigenvalue weighted by molar-refractivity contribution is 0.203. The van der Waals surface area contributed by atoms with Crippen molar-refractivity contribution in [2.45, 2.75) is 12.5 Å². The summed E-state index contributed by atoms with van der Waals surface area (Å²) in [5, 5.41) is 10.8. The molecule has 0 aliphatic heterocycles. The molecule has 1 heterocycles. The van der Waals surface area contributed by atoms with Crippen molar-refractivity contribution in [3.05, 3.63) is 70.1 Å². The predicted molar refractivity (Wildman–Crippen MR) is 94.7 cm³/mol. The molecule has 2 nitrogen and oxygen atoms in total. The van der Waals surface area contributed by atoms with E-state index in [1.807, 2.05) is 30.3 Å². The predicted octanol–water partition coefficient (Wildman–Crippen LogP) is 4.94. The lowest BCUT2D eigenvalue weighted by atomic mass is 9.95. The van der Waals surface area contributed by atoms with E-state index in [0.29, 0.717) is 29.7 Å². The van der Waals surface area contributed by atoms with Crippen LogP contribution in [0.5, 0.6) is 0 Å². The van der Waals surface area contributed by atoms with Crippen molar-refractivity contribution in [3.63, 3.8) is 0 Å². The maximum atomic E-state index is 14.7. The molecule has 1 atom stereocenters. The molecule has 0 amide bonds. The van der Waals surface area contributed by atoms with Crippen molar-refractivity contribution in [2.24, 2.45) is 0 Å². The van der Waals surface area contributed by atoms with Gasteiger partial charge in [0.05, 0.1) is 6.61 Å². The fraction of sp³-hybridized carbons (Fsp3) is 0.200. The van der Waals surface area contributed by atoms with Crippen LogP contribution in [-0.2, 0) is 11.2 Å². The molecule has 128 valence electrons. The zero-order chi connectivity index (χ0) is 17.6. The van der Waals surface area contributed by atoms with Gasteiger partial charge in [0, 0.05) is 34.4 Å². The number of aliphatic hydroxyl groups excluding tert-OH is 1. The number of benzene rings is 2. The van der Waals surface area contributed by atoms with Gasteiger partial charge in [0.1, 0.15) is 6.10 Å². The Morgan fingerprint density at radius 2 is 1.88 bits per heavy atom. The monoisotopic (exact) mass is 358 g/mol. The van der Waals surface area contributed by atoms with E-state index in [9.17, 15) is 13.9 Å². The van der Waals surface area contributed by atoms with E-state index in [1.54, 1.807) is 7.11 Å². The molecule has 25 heavy (non-hydrogen) atoms. The summed E-state index contributed by atoms with van der Waals surface area (Å²) in [4.78, 5) is 1.89. The third kappa shape index (κ3) is 2.59. The molecule has 0 bridgehead atoms. The molecule has 1 aliphatic rings. The highest BCUT2D eigenvalue weighted by molar-refractivity contribution is 7.16. The van der Waals surface area contributed by atoms with Gasteiger partial charge >= 0.3 is 0 Å². The summed E-state index contributed by atoms with van der Waals surface area (Å²) in [5.41, 5.74) is 2.73. The van der Waals surface area contributed by atoms with E-state index < -0.39 is 17.7 Å². The van der Waals surface area contributed by atoms with E-state index >= 15 is 0 Å². The Morgan fingerprint density at radius 1 is 1.08 bits per heavy atom. The van der Waals surface area contributed by atoms with Gasteiger partial charge in [0.25, 0.3) is 0 Å². The van der Waals surface area contributed by atoms with Crippen LogP contribution in [0.1, 0.15) is 22.1 Å². The normalized spacial score (nSPS) is 15.3. The molecular formula is C20H16F2O2S. The zero-order valence-corrected chi connectivity index (χ0v) is 14.4. The molecule has 1 unspecified atom stereocenters. The second kappa shape index (κ2) is 6.33. The Kier molecular flexibility index (Phi) is 4.15. The molecule has 1 aromatic heterocycles. The summed E-state index contributed by atoms with van der Waals surface area (Å²) in [6.07, 6.45) is -0.297. The van der Waals surface area contributed by atoms with Crippen LogP contribution < -0.4 is 0 Å². The minimum absolute atomic E-state index is 0.151. The molecule has 5 heteroatoms. The first-order valence-electron chi connectivity index (χ1n) is 7.99. The highest BCUT2D eigenvalue weighted by Crippen LogP contribution is 2.49. The third-order valence-corrected chi connectivity index (χ3v) is 5.75. The van der Waals surface area contributed by atoms with Crippen molar-refractivity contribution in [1.29, 1.82) is 0 Å². The number of ether oxygens (including phenoxy) is 1. The Bertz CT molecular complexity index is 949. The van der Waals surface area contributed by atoms with Gasteiger partial charge in [-0.3, -0.25) is 0 Å². The molecule has 0 radical (unpaired) electrons. The van der Waals surface area contributed by atoms with E-state index in [0.717, 1.165) is 21.4 Å². The molecule has 0 saturated carbocycles. The molecule has 1 aliphatic carbocycles. The molecule has 0 spiro atoms. The fourth-order valence-corrected chi connectivity index (χ4v) is 4.52. The minimum Gasteiger partial charge on any atom is -0.384 e. The first kappa shape index (κ1) is 16.4. The fourth-order valence-electron chi connectivity index (χ4n) is 3.33. The van der Waals surface area contributed by atoms with Crippen LogP contribution in [0.25, 0.3) is 21.6 Å². The van der Waals surface area contributed by atoms with Crippen LogP contribution in [-0.4, -0.2) is 18.8 Å². The summed E-state index contributed by atoms with van der Waals surface area (Å²) < 4.78 is 33.8. The molecule has 3 aromatic rings. The quantitative estimate of drug-likeness (QED) is 0.718. The van der Waals surface area contributed by atoms with Crippen molar-refractivity contribution in [3.8, 4) is 21.6 Å². The number of rotatable bonds is 3. The van der Waals surface area contributed by atoms with Crippen molar-refractivity contribution < 1.29 is 18.6 Å². The number of hydrogen-bond acceptors (Lipinski definition) is 3. The van der Waals surface area contributed by atoms with E-state index in [4.69, 9.17) is 4.74 Å². The summed E-state index contributed by atoms with van der Waals surface area (Å²) in [7, 11) is 1.63. The second-order valence-corrected chi connectivity index (χ2v) is 7.15. The maximum Gasteiger partial charge on any atom is 0.167 e. The van der Waals surface area contributed by atoms with Crippen LogP contribution in [0.4, 0.5) is 8.78 Å². The molecule has 2 aromatic carbocycles. The summed E-state index contributed by atoms with van der Waals surface area (Å²) >= 11 is 1.53. The Morgan fingerprint density at radius 3 is 2.68 bits per heavy atom. The van der Waals surface area contributed by atoms with Crippen LogP contribution in [0, 0.1) is 11.6 Å². The minimum atomic E-state index is -0.997. The van der Waals surface area contributed by atoms with Gasteiger partial charge in [0.2, 0.25) is 0 Å².